The molecule has 0 unspecified atom stereocenters. The van der Waals surface area contributed by atoms with Crippen LogP contribution in [0.15, 0.2) is 46.9 Å². The SMILES string of the molecule is CCOC(=O)c1c(C)oc2c1c1c(c3ccccc32)OCN(Cc2ccc3c(c2)OCO3)C1. The van der Waals surface area contributed by atoms with Gasteiger partial charge in [0.1, 0.15) is 29.4 Å². The summed E-state index contributed by atoms with van der Waals surface area (Å²) in [6, 6.07) is 13.9. The maximum atomic E-state index is 12.9. The van der Waals surface area contributed by atoms with Gasteiger partial charge in [0.2, 0.25) is 6.79 Å². The zero-order chi connectivity index (χ0) is 22.5. The molecule has 0 aliphatic carbocycles. The van der Waals surface area contributed by atoms with Gasteiger partial charge in [0.05, 0.1) is 6.61 Å². The van der Waals surface area contributed by atoms with E-state index < -0.39 is 0 Å². The molecule has 6 rings (SSSR count). The Kier molecular flexibility index (Phi) is 4.66. The fourth-order valence-corrected chi connectivity index (χ4v) is 4.77. The lowest BCUT2D eigenvalue weighted by atomic mass is 9.96. The topological polar surface area (TPSA) is 70.4 Å². The van der Waals surface area contributed by atoms with Gasteiger partial charge in [-0.2, -0.15) is 0 Å². The molecule has 2 aliphatic rings. The summed E-state index contributed by atoms with van der Waals surface area (Å²) < 4.78 is 28.8. The van der Waals surface area contributed by atoms with Gasteiger partial charge in [-0.3, -0.25) is 4.90 Å². The minimum absolute atomic E-state index is 0.251. The summed E-state index contributed by atoms with van der Waals surface area (Å²) in [6.45, 7) is 5.86. The zero-order valence-corrected chi connectivity index (χ0v) is 18.5. The summed E-state index contributed by atoms with van der Waals surface area (Å²) in [5, 5.41) is 2.68. The van der Waals surface area contributed by atoms with Crippen LogP contribution in [0.3, 0.4) is 0 Å². The number of carbonyl (C=O) groups excluding carboxylic acids is 1. The van der Waals surface area contributed by atoms with E-state index >= 15 is 0 Å². The number of hydrogen-bond acceptors (Lipinski definition) is 7. The largest absolute Gasteiger partial charge is 0.477 e. The standard InChI is InChI=1S/C26H23NO6/c1-3-29-26(28)22-15(2)33-25-18-7-5-4-6-17(18)24-19(23(22)25)12-27(13-30-24)11-16-8-9-20-21(10-16)32-14-31-20/h4-10H,3,11-14H2,1-2H3. The molecule has 0 spiro atoms. The van der Waals surface area contributed by atoms with Gasteiger partial charge >= 0.3 is 5.97 Å². The van der Waals surface area contributed by atoms with Crippen molar-refractivity contribution in [3.05, 3.63) is 64.9 Å². The summed E-state index contributed by atoms with van der Waals surface area (Å²) in [5.41, 5.74) is 3.20. The van der Waals surface area contributed by atoms with Crippen LogP contribution in [-0.2, 0) is 17.8 Å². The van der Waals surface area contributed by atoms with Crippen molar-refractivity contribution >= 4 is 27.7 Å². The van der Waals surface area contributed by atoms with Gasteiger partial charge in [-0.1, -0.05) is 30.3 Å². The number of nitrogens with zero attached hydrogens (tertiary/aromatic N) is 1. The number of furan rings is 1. The smallest absolute Gasteiger partial charge is 0.342 e. The number of hydrogen-bond donors (Lipinski definition) is 0. The molecular formula is C26H23NO6. The molecular weight excluding hydrogens is 422 g/mol. The predicted molar refractivity (Wildman–Crippen MR) is 122 cm³/mol. The number of rotatable bonds is 4. The zero-order valence-electron chi connectivity index (χ0n) is 18.5. The molecule has 4 aromatic rings. The molecule has 0 amide bonds. The third kappa shape index (κ3) is 3.19. The summed E-state index contributed by atoms with van der Waals surface area (Å²) in [4.78, 5) is 15.1. The molecule has 168 valence electrons. The fourth-order valence-electron chi connectivity index (χ4n) is 4.77. The van der Waals surface area contributed by atoms with Crippen LogP contribution >= 0.6 is 0 Å². The maximum Gasteiger partial charge on any atom is 0.342 e. The number of fused-ring (bicyclic) bond motifs is 7. The van der Waals surface area contributed by atoms with E-state index in [4.69, 9.17) is 23.4 Å². The molecule has 1 aromatic heterocycles. The molecule has 2 aliphatic heterocycles. The van der Waals surface area contributed by atoms with Gasteiger partial charge < -0.3 is 23.4 Å². The first kappa shape index (κ1) is 19.9. The molecule has 0 saturated carbocycles. The second-order valence-electron chi connectivity index (χ2n) is 8.26. The number of carbonyl (C=O) groups is 1. The average Bonchev–Trinajstić information content (AvgIpc) is 3.43. The van der Waals surface area contributed by atoms with Crippen LogP contribution < -0.4 is 14.2 Å². The van der Waals surface area contributed by atoms with E-state index in [-0.39, 0.29) is 12.8 Å². The van der Waals surface area contributed by atoms with E-state index in [1.165, 1.54) is 0 Å². The molecule has 0 radical (unpaired) electrons. The Hall–Kier alpha value is -3.71. The van der Waals surface area contributed by atoms with Crippen molar-refractivity contribution < 1.29 is 28.2 Å². The summed E-state index contributed by atoms with van der Waals surface area (Å²) in [6.07, 6.45) is 0. The van der Waals surface area contributed by atoms with Crippen LogP contribution in [-0.4, -0.2) is 31.0 Å². The lowest BCUT2D eigenvalue weighted by Crippen LogP contribution is -2.32. The van der Waals surface area contributed by atoms with Crippen molar-refractivity contribution in [2.45, 2.75) is 26.9 Å². The molecule has 3 aromatic carbocycles. The Bertz CT molecular complexity index is 1410. The van der Waals surface area contributed by atoms with E-state index in [1.807, 2.05) is 49.4 Å². The van der Waals surface area contributed by atoms with Crippen molar-refractivity contribution in [2.24, 2.45) is 0 Å². The third-order valence-corrected chi connectivity index (χ3v) is 6.17. The van der Waals surface area contributed by atoms with Gasteiger partial charge in [-0.25, -0.2) is 4.79 Å². The lowest BCUT2D eigenvalue weighted by Gasteiger charge is -2.30. The Morgan fingerprint density at radius 3 is 2.73 bits per heavy atom. The quantitative estimate of drug-likeness (QED) is 0.402. The molecule has 7 nitrogen and oxygen atoms in total. The van der Waals surface area contributed by atoms with Crippen LogP contribution in [0, 0.1) is 6.92 Å². The highest BCUT2D eigenvalue weighted by atomic mass is 16.7. The van der Waals surface area contributed by atoms with Crippen LogP contribution in [0.1, 0.15) is 34.2 Å². The van der Waals surface area contributed by atoms with E-state index in [0.717, 1.165) is 44.5 Å². The summed E-state index contributed by atoms with van der Waals surface area (Å²) >= 11 is 0. The second kappa shape index (κ2) is 7.71. The van der Waals surface area contributed by atoms with Gasteiger partial charge in [0.25, 0.3) is 0 Å². The highest BCUT2D eigenvalue weighted by molar-refractivity contribution is 6.16. The average molecular weight is 445 g/mol. The molecule has 0 saturated heterocycles. The second-order valence-corrected chi connectivity index (χ2v) is 8.26. The lowest BCUT2D eigenvalue weighted by molar-refractivity contribution is 0.0526. The van der Waals surface area contributed by atoms with Gasteiger partial charge in [0.15, 0.2) is 11.5 Å². The van der Waals surface area contributed by atoms with Gasteiger partial charge in [-0.15, -0.1) is 0 Å². The first-order valence-electron chi connectivity index (χ1n) is 11.0. The van der Waals surface area contributed by atoms with Crippen LogP contribution in [0.5, 0.6) is 17.2 Å². The Morgan fingerprint density at radius 1 is 1.06 bits per heavy atom. The number of benzene rings is 3. The van der Waals surface area contributed by atoms with Crippen molar-refractivity contribution in [1.29, 1.82) is 0 Å². The van der Waals surface area contributed by atoms with Crippen LogP contribution in [0.2, 0.25) is 0 Å². The summed E-state index contributed by atoms with van der Waals surface area (Å²) in [7, 11) is 0. The highest BCUT2D eigenvalue weighted by Gasteiger charge is 2.30. The Balaban J connectivity index is 1.46. The first-order valence-corrected chi connectivity index (χ1v) is 11.0. The normalized spacial score (nSPS) is 15.0. The molecule has 7 heteroatoms. The predicted octanol–water partition coefficient (Wildman–Crippen LogP) is 5.15. The Morgan fingerprint density at radius 2 is 1.88 bits per heavy atom. The van der Waals surface area contributed by atoms with E-state index in [2.05, 4.69) is 4.90 Å². The molecule has 0 atom stereocenters. The molecule has 0 N–H and O–H groups in total. The Labute approximate surface area is 190 Å². The first-order chi connectivity index (χ1) is 16.1. The summed E-state index contributed by atoms with van der Waals surface area (Å²) in [5.74, 6) is 2.50. The van der Waals surface area contributed by atoms with E-state index in [9.17, 15) is 4.79 Å². The van der Waals surface area contributed by atoms with E-state index in [0.29, 0.717) is 43.3 Å². The maximum absolute atomic E-state index is 12.9. The highest BCUT2D eigenvalue weighted by Crippen LogP contribution is 2.44. The van der Waals surface area contributed by atoms with Crippen molar-refractivity contribution in [1.82, 2.24) is 4.90 Å². The molecule has 0 fully saturated rings. The third-order valence-electron chi connectivity index (χ3n) is 6.17. The van der Waals surface area contributed by atoms with Crippen molar-refractivity contribution in [2.75, 3.05) is 20.1 Å². The van der Waals surface area contributed by atoms with Gasteiger partial charge in [0, 0.05) is 34.8 Å². The molecule has 0 bridgehead atoms. The fraction of sp³-hybridized carbons (Fsp3) is 0.269. The van der Waals surface area contributed by atoms with Crippen molar-refractivity contribution in [3.63, 3.8) is 0 Å². The molecule has 33 heavy (non-hydrogen) atoms. The molecule has 3 heterocycles. The minimum Gasteiger partial charge on any atom is -0.477 e. The van der Waals surface area contributed by atoms with Crippen LogP contribution in [0.25, 0.3) is 21.7 Å². The van der Waals surface area contributed by atoms with Crippen molar-refractivity contribution in [3.8, 4) is 17.2 Å². The van der Waals surface area contributed by atoms with Gasteiger partial charge in [-0.05, 0) is 31.5 Å². The van der Waals surface area contributed by atoms with E-state index in [1.54, 1.807) is 6.92 Å². The minimum atomic E-state index is -0.376. The monoisotopic (exact) mass is 445 g/mol. The number of esters is 1. The number of aryl methyl sites for hydroxylation is 1. The number of ether oxygens (including phenoxy) is 4. The van der Waals surface area contributed by atoms with Crippen LogP contribution in [0.4, 0.5) is 0 Å².